The van der Waals surface area contributed by atoms with Gasteiger partial charge < -0.3 is 15.4 Å². The van der Waals surface area contributed by atoms with Gasteiger partial charge in [-0.2, -0.15) is 0 Å². The molecule has 0 bridgehead atoms. The first-order valence-corrected chi connectivity index (χ1v) is 8.59. The Morgan fingerprint density at radius 1 is 1.44 bits per heavy atom. The molecule has 2 aliphatic rings. The maximum absolute atomic E-state index is 13.2. The van der Waals surface area contributed by atoms with Crippen molar-refractivity contribution in [1.82, 2.24) is 4.90 Å². The van der Waals surface area contributed by atoms with Crippen molar-refractivity contribution in [3.8, 4) is 0 Å². The Morgan fingerprint density at radius 2 is 2.12 bits per heavy atom. The van der Waals surface area contributed by atoms with Crippen LogP contribution in [-0.4, -0.2) is 41.0 Å². The van der Waals surface area contributed by atoms with Crippen molar-refractivity contribution in [1.29, 1.82) is 0 Å². The summed E-state index contributed by atoms with van der Waals surface area (Å²) >= 11 is 0. The van der Waals surface area contributed by atoms with Crippen LogP contribution in [-0.2, 0) is 16.1 Å². The van der Waals surface area contributed by atoms with Crippen LogP contribution in [0, 0.1) is 21.4 Å². The summed E-state index contributed by atoms with van der Waals surface area (Å²) in [5, 5.41) is 11.2. The molecule has 1 aliphatic heterocycles. The number of para-hydroxylation sites is 1. The number of carbonyl (C=O) groups excluding carboxylic acids is 1. The predicted molar refractivity (Wildman–Crippen MR) is 92.7 cm³/mol. The highest BCUT2D eigenvalue weighted by Gasteiger charge is 2.70. The Bertz CT molecular complexity index is 705. The number of benzene rings is 1. The molecule has 0 radical (unpaired) electrons. The van der Waals surface area contributed by atoms with Crippen LogP contribution in [0.5, 0.6) is 0 Å². The molecule has 0 aromatic heterocycles. The first-order chi connectivity index (χ1) is 11.7. The third-order valence-corrected chi connectivity index (χ3v) is 5.98. The number of rotatable bonds is 4. The van der Waals surface area contributed by atoms with Crippen molar-refractivity contribution in [2.45, 2.75) is 44.9 Å². The molecule has 2 fully saturated rings. The Labute approximate surface area is 147 Å². The van der Waals surface area contributed by atoms with Crippen molar-refractivity contribution in [3.63, 3.8) is 0 Å². The zero-order chi connectivity index (χ0) is 18.4. The molecule has 1 saturated heterocycles. The van der Waals surface area contributed by atoms with E-state index in [1.807, 2.05) is 13.8 Å². The number of nitro groups is 1. The summed E-state index contributed by atoms with van der Waals surface area (Å²) in [6.45, 7) is 4.80. The number of hydrogen-bond acceptors (Lipinski definition) is 5. The summed E-state index contributed by atoms with van der Waals surface area (Å²) in [5.74, 6) is -0.181. The average molecular weight is 347 g/mol. The molecule has 7 nitrogen and oxygen atoms in total. The average Bonchev–Trinajstić information content (AvgIpc) is 2.60. The lowest BCUT2D eigenvalue weighted by molar-refractivity contribution is -0.385. The summed E-state index contributed by atoms with van der Waals surface area (Å²) < 4.78 is 5.85. The molecule has 2 N–H and O–H groups in total. The number of ether oxygens (including phenoxy) is 1. The van der Waals surface area contributed by atoms with E-state index in [1.165, 1.54) is 11.0 Å². The number of fused-ring (bicyclic) bond motifs is 1. The zero-order valence-corrected chi connectivity index (χ0v) is 14.9. The van der Waals surface area contributed by atoms with E-state index in [0.29, 0.717) is 12.2 Å². The Hall–Kier alpha value is -1.99. The van der Waals surface area contributed by atoms with E-state index in [1.54, 1.807) is 25.2 Å². The van der Waals surface area contributed by atoms with Gasteiger partial charge in [-0.25, -0.2) is 0 Å². The van der Waals surface area contributed by atoms with Gasteiger partial charge in [-0.1, -0.05) is 32.0 Å². The van der Waals surface area contributed by atoms with Gasteiger partial charge in [-0.05, 0) is 12.8 Å². The van der Waals surface area contributed by atoms with E-state index >= 15 is 0 Å². The van der Waals surface area contributed by atoms with Gasteiger partial charge in [-0.15, -0.1) is 0 Å². The summed E-state index contributed by atoms with van der Waals surface area (Å²) in [6, 6.07) is 6.47. The predicted octanol–water partition coefficient (Wildman–Crippen LogP) is 2.09. The minimum absolute atomic E-state index is 0.00282. The fraction of sp³-hybridized carbons (Fsp3) is 0.611. The molecule has 3 rings (SSSR count). The van der Waals surface area contributed by atoms with Crippen molar-refractivity contribution in [2.75, 3.05) is 13.7 Å². The molecule has 25 heavy (non-hydrogen) atoms. The van der Waals surface area contributed by atoms with Crippen LogP contribution in [0.3, 0.4) is 0 Å². The summed E-state index contributed by atoms with van der Waals surface area (Å²) in [6.07, 6.45) is 1.77. The molecule has 1 amide bonds. The molecule has 3 unspecified atom stereocenters. The van der Waals surface area contributed by atoms with Gasteiger partial charge in [0.1, 0.15) is 5.54 Å². The van der Waals surface area contributed by atoms with Crippen LogP contribution < -0.4 is 5.73 Å². The van der Waals surface area contributed by atoms with Crippen LogP contribution in [0.15, 0.2) is 24.3 Å². The number of likely N-dealkylation sites (N-methyl/N-ethyl adjacent to an activating group) is 1. The summed E-state index contributed by atoms with van der Waals surface area (Å²) in [7, 11) is 1.65. The molecule has 1 aromatic carbocycles. The SMILES string of the molecule is CN(Cc1ccccc1[N+](=O)[O-])C(=O)C1(N)C2CCCOC2C1(C)C. The number of amides is 1. The van der Waals surface area contributed by atoms with Crippen LogP contribution in [0.1, 0.15) is 32.3 Å². The van der Waals surface area contributed by atoms with E-state index in [-0.39, 0.29) is 30.2 Å². The van der Waals surface area contributed by atoms with E-state index < -0.39 is 15.9 Å². The Kier molecular flexibility index (Phi) is 4.33. The van der Waals surface area contributed by atoms with Crippen molar-refractivity contribution in [3.05, 3.63) is 39.9 Å². The van der Waals surface area contributed by atoms with Crippen LogP contribution in [0.4, 0.5) is 5.69 Å². The van der Waals surface area contributed by atoms with E-state index in [0.717, 1.165) is 12.8 Å². The standard InChI is InChI=1S/C18H25N3O4/c1-17(2)15-13(8-6-10-25-15)18(17,19)16(22)20(3)11-12-7-4-5-9-14(12)21(23)24/h4-5,7,9,13,15H,6,8,10-11,19H2,1-3H3. The molecule has 3 atom stereocenters. The number of nitro benzene ring substituents is 1. The fourth-order valence-electron chi connectivity index (χ4n) is 4.48. The number of hydrogen-bond donors (Lipinski definition) is 1. The fourth-order valence-corrected chi connectivity index (χ4v) is 4.48. The highest BCUT2D eigenvalue weighted by molar-refractivity contribution is 5.89. The Morgan fingerprint density at radius 3 is 2.80 bits per heavy atom. The highest BCUT2D eigenvalue weighted by Crippen LogP contribution is 2.57. The van der Waals surface area contributed by atoms with Crippen LogP contribution >= 0.6 is 0 Å². The quantitative estimate of drug-likeness (QED) is 0.664. The first kappa shape index (κ1) is 17.8. The first-order valence-electron chi connectivity index (χ1n) is 8.59. The van der Waals surface area contributed by atoms with Gasteiger partial charge in [0, 0.05) is 36.6 Å². The third-order valence-electron chi connectivity index (χ3n) is 5.98. The third kappa shape index (κ3) is 2.53. The normalized spacial score (nSPS) is 30.1. The van der Waals surface area contributed by atoms with E-state index in [2.05, 4.69) is 0 Å². The molecule has 1 aliphatic carbocycles. The van der Waals surface area contributed by atoms with Gasteiger partial charge in [0.2, 0.25) is 5.91 Å². The molecular weight excluding hydrogens is 322 g/mol. The van der Waals surface area contributed by atoms with E-state index in [9.17, 15) is 14.9 Å². The maximum Gasteiger partial charge on any atom is 0.274 e. The molecule has 0 spiro atoms. The second kappa shape index (κ2) is 6.07. The molecule has 1 saturated carbocycles. The number of nitrogens with two attached hydrogens (primary N) is 1. The second-order valence-electron chi connectivity index (χ2n) is 7.68. The minimum atomic E-state index is -1.00. The molecule has 7 heteroatoms. The molecular formula is C18H25N3O4. The summed E-state index contributed by atoms with van der Waals surface area (Å²) in [5.41, 5.74) is 5.67. The summed E-state index contributed by atoms with van der Waals surface area (Å²) in [4.78, 5) is 25.5. The Balaban J connectivity index is 1.82. The van der Waals surface area contributed by atoms with Gasteiger partial charge >= 0.3 is 0 Å². The van der Waals surface area contributed by atoms with Gasteiger partial charge in [0.05, 0.1) is 17.6 Å². The van der Waals surface area contributed by atoms with E-state index in [4.69, 9.17) is 10.5 Å². The lowest BCUT2D eigenvalue weighted by Crippen LogP contribution is -2.82. The van der Waals surface area contributed by atoms with Gasteiger partial charge in [0.25, 0.3) is 5.69 Å². The number of carbonyl (C=O) groups is 1. The van der Waals surface area contributed by atoms with Crippen molar-refractivity contribution < 1.29 is 14.5 Å². The lowest BCUT2D eigenvalue weighted by Gasteiger charge is -2.65. The molecule has 1 aromatic rings. The van der Waals surface area contributed by atoms with Gasteiger partial charge in [0.15, 0.2) is 0 Å². The van der Waals surface area contributed by atoms with Crippen LogP contribution in [0.2, 0.25) is 0 Å². The molecule has 136 valence electrons. The zero-order valence-electron chi connectivity index (χ0n) is 14.9. The maximum atomic E-state index is 13.2. The largest absolute Gasteiger partial charge is 0.377 e. The topological polar surface area (TPSA) is 98.7 Å². The van der Waals surface area contributed by atoms with Gasteiger partial charge in [-0.3, -0.25) is 14.9 Å². The van der Waals surface area contributed by atoms with Crippen molar-refractivity contribution in [2.24, 2.45) is 17.1 Å². The smallest absolute Gasteiger partial charge is 0.274 e. The highest BCUT2D eigenvalue weighted by atomic mass is 16.6. The molecule has 1 heterocycles. The number of nitrogens with zero attached hydrogens (tertiary/aromatic N) is 2. The second-order valence-corrected chi connectivity index (χ2v) is 7.68. The van der Waals surface area contributed by atoms with Crippen molar-refractivity contribution >= 4 is 11.6 Å². The lowest BCUT2D eigenvalue weighted by atomic mass is 9.46. The van der Waals surface area contributed by atoms with Crippen LogP contribution in [0.25, 0.3) is 0 Å². The minimum Gasteiger partial charge on any atom is -0.377 e. The monoisotopic (exact) mass is 347 g/mol.